The Bertz CT molecular complexity index is 68.5. The molecule has 0 aromatic heterocycles. The van der Waals surface area contributed by atoms with E-state index in [1.165, 1.54) is 0 Å². The van der Waals surface area contributed by atoms with Crippen LogP contribution in [0.1, 0.15) is 20.3 Å². The molecule has 0 saturated carbocycles. The van der Waals surface area contributed by atoms with Crippen LogP contribution in [0.4, 0.5) is 0 Å². The largest absolute Gasteiger partial charge is 0.282 e. The Hall–Kier alpha value is -0.110. The Kier molecular flexibility index (Phi) is 2.92. The van der Waals surface area contributed by atoms with Gasteiger partial charge in [-0.05, 0) is 18.5 Å². The first kappa shape index (κ1) is 6.89. The van der Waals surface area contributed by atoms with E-state index in [1.807, 2.05) is 13.8 Å². The van der Waals surface area contributed by atoms with E-state index in [1.54, 1.807) is 0 Å². The monoisotopic (exact) mass is 117 g/mol. The van der Waals surface area contributed by atoms with Crippen LogP contribution < -0.4 is 0 Å². The summed E-state index contributed by atoms with van der Waals surface area (Å²) >= 11 is 4.32. The minimum absolute atomic E-state index is 0.130. The van der Waals surface area contributed by atoms with Crippen LogP contribution in [0.15, 0.2) is 0 Å². The molecular weight excluding hydrogens is 108 g/mol. The number of hydrogen-bond donors (Lipinski definition) is 0. The SMILES string of the molecule is CC(C)CC(=O)[S]. The van der Waals surface area contributed by atoms with Gasteiger partial charge < -0.3 is 0 Å². The summed E-state index contributed by atoms with van der Waals surface area (Å²) in [5.74, 6) is 0.421. The van der Waals surface area contributed by atoms with Gasteiger partial charge >= 0.3 is 0 Å². The molecule has 0 atom stereocenters. The Morgan fingerprint density at radius 2 is 2.14 bits per heavy atom. The summed E-state index contributed by atoms with van der Waals surface area (Å²) in [5.41, 5.74) is 0. The molecule has 0 rings (SSSR count). The van der Waals surface area contributed by atoms with Crippen molar-refractivity contribution < 1.29 is 4.79 Å². The van der Waals surface area contributed by atoms with Crippen molar-refractivity contribution in [1.82, 2.24) is 0 Å². The zero-order valence-electron chi connectivity index (χ0n) is 4.60. The third kappa shape index (κ3) is 5.89. The van der Waals surface area contributed by atoms with E-state index < -0.39 is 0 Å². The lowest BCUT2D eigenvalue weighted by atomic mass is 10.2. The number of hydrogen-bond acceptors (Lipinski definition) is 1. The van der Waals surface area contributed by atoms with E-state index in [9.17, 15) is 4.79 Å². The average molecular weight is 117 g/mol. The molecule has 0 amide bonds. The zero-order chi connectivity index (χ0) is 5.86. The molecule has 0 N–H and O–H groups in total. The van der Waals surface area contributed by atoms with Gasteiger partial charge in [0.15, 0.2) is 0 Å². The average Bonchev–Trinajstić information content (AvgIpc) is 1.27. The van der Waals surface area contributed by atoms with Crippen LogP contribution in [-0.4, -0.2) is 5.12 Å². The summed E-state index contributed by atoms with van der Waals surface area (Å²) in [7, 11) is 0. The van der Waals surface area contributed by atoms with E-state index in [2.05, 4.69) is 12.6 Å². The minimum atomic E-state index is -0.130. The van der Waals surface area contributed by atoms with Gasteiger partial charge in [-0.2, -0.15) is 0 Å². The van der Waals surface area contributed by atoms with Crippen LogP contribution in [0.25, 0.3) is 0 Å². The van der Waals surface area contributed by atoms with Crippen LogP contribution in [0.3, 0.4) is 0 Å². The molecule has 41 valence electrons. The Balaban J connectivity index is 3.13. The van der Waals surface area contributed by atoms with Gasteiger partial charge in [0.25, 0.3) is 0 Å². The van der Waals surface area contributed by atoms with E-state index >= 15 is 0 Å². The van der Waals surface area contributed by atoms with Crippen LogP contribution >= 0.6 is 12.6 Å². The predicted octanol–water partition coefficient (Wildman–Crippen LogP) is 1.76. The molecule has 0 saturated heterocycles. The molecule has 0 spiro atoms. The number of carbonyl (C=O) groups excluding carboxylic acids is 1. The number of rotatable bonds is 2. The van der Waals surface area contributed by atoms with Crippen LogP contribution in [0, 0.1) is 5.92 Å². The second kappa shape index (κ2) is 2.97. The third-order valence-electron chi connectivity index (χ3n) is 0.575. The fourth-order valence-electron chi connectivity index (χ4n) is 0.333. The van der Waals surface area contributed by atoms with Gasteiger partial charge in [0, 0.05) is 6.42 Å². The number of carbonyl (C=O) groups is 1. The second-order valence-electron chi connectivity index (χ2n) is 1.97. The molecule has 1 nitrogen and oxygen atoms in total. The lowest BCUT2D eigenvalue weighted by Gasteiger charge is -1.93. The molecule has 0 heterocycles. The maximum atomic E-state index is 10.1. The predicted molar refractivity (Wildman–Crippen MR) is 32.1 cm³/mol. The third-order valence-corrected chi connectivity index (χ3v) is 0.742. The molecule has 2 heteroatoms. The van der Waals surface area contributed by atoms with Gasteiger partial charge in [-0.25, -0.2) is 0 Å². The summed E-state index contributed by atoms with van der Waals surface area (Å²) in [4.78, 5) is 10.1. The fraction of sp³-hybridized carbons (Fsp3) is 0.800. The first-order chi connectivity index (χ1) is 3.13. The summed E-state index contributed by atoms with van der Waals surface area (Å²) < 4.78 is 0. The first-order valence-corrected chi connectivity index (χ1v) is 2.73. The van der Waals surface area contributed by atoms with Crippen molar-refractivity contribution in [1.29, 1.82) is 0 Å². The Morgan fingerprint density at radius 3 is 2.14 bits per heavy atom. The van der Waals surface area contributed by atoms with Crippen molar-refractivity contribution in [2.24, 2.45) is 5.92 Å². The van der Waals surface area contributed by atoms with Crippen LogP contribution in [-0.2, 0) is 4.79 Å². The molecular formula is C5H9OS. The highest BCUT2D eigenvalue weighted by molar-refractivity contribution is 7.96. The van der Waals surface area contributed by atoms with Crippen molar-refractivity contribution in [3.05, 3.63) is 0 Å². The molecule has 0 aliphatic rings. The Morgan fingerprint density at radius 1 is 1.71 bits per heavy atom. The molecule has 0 fully saturated rings. The molecule has 0 aliphatic carbocycles. The maximum Gasteiger partial charge on any atom is 0.218 e. The van der Waals surface area contributed by atoms with Crippen molar-refractivity contribution in [3.63, 3.8) is 0 Å². The summed E-state index contributed by atoms with van der Waals surface area (Å²) in [6.07, 6.45) is 0.537. The van der Waals surface area contributed by atoms with Gasteiger partial charge in [0.2, 0.25) is 5.12 Å². The molecule has 0 unspecified atom stereocenters. The quantitative estimate of drug-likeness (QED) is 0.538. The first-order valence-electron chi connectivity index (χ1n) is 2.32. The molecule has 0 aromatic carbocycles. The van der Waals surface area contributed by atoms with Gasteiger partial charge in [-0.15, -0.1) is 0 Å². The van der Waals surface area contributed by atoms with E-state index in [0.29, 0.717) is 12.3 Å². The van der Waals surface area contributed by atoms with Gasteiger partial charge in [0.05, 0.1) is 0 Å². The van der Waals surface area contributed by atoms with E-state index in [4.69, 9.17) is 0 Å². The highest BCUT2D eigenvalue weighted by atomic mass is 32.1. The Labute approximate surface area is 49.5 Å². The van der Waals surface area contributed by atoms with Crippen LogP contribution in [0.2, 0.25) is 0 Å². The molecule has 0 aliphatic heterocycles. The maximum absolute atomic E-state index is 10.1. The van der Waals surface area contributed by atoms with E-state index in [-0.39, 0.29) is 5.12 Å². The lowest BCUT2D eigenvalue weighted by Crippen LogP contribution is -1.92. The van der Waals surface area contributed by atoms with Crippen LogP contribution in [0.5, 0.6) is 0 Å². The van der Waals surface area contributed by atoms with Gasteiger partial charge in [0.1, 0.15) is 0 Å². The van der Waals surface area contributed by atoms with Gasteiger partial charge in [-0.3, -0.25) is 4.79 Å². The zero-order valence-corrected chi connectivity index (χ0v) is 5.42. The molecule has 0 aromatic rings. The molecule has 1 radical (unpaired) electrons. The molecule has 0 bridgehead atoms. The topological polar surface area (TPSA) is 17.1 Å². The smallest absolute Gasteiger partial charge is 0.218 e. The minimum Gasteiger partial charge on any atom is -0.282 e. The van der Waals surface area contributed by atoms with E-state index in [0.717, 1.165) is 0 Å². The van der Waals surface area contributed by atoms with Crippen molar-refractivity contribution in [2.45, 2.75) is 20.3 Å². The lowest BCUT2D eigenvalue weighted by molar-refractivity contribution is -0.111. The summed E-state index contributed by atoms with van der Waals surface area (Å²) in [6.45, 7) is 3.95. The van der Waals surface area contributed by atoms with Crippen molar-refractivity contribution >= 4 is 17.7 Å². The van der Waals surface area contributed by atoms with Gasteiger partial charge in [-0.1, -0.05) is 13.8 Å². The normalized spacial score (nSPS) is 9.57. The standard InChI is InChI=1S/C5H9OS/c1-4(2)3-5(6)7/h4H,3H2,1-2H3. The van der Waals surface area contributed by atoms with Crippen molar-refractivity contribution in [2.75, 3.05) is 0 Å². The van der Waals surface area contributed by atoms with Crippen molar-refractivity contribution in [3.8, 4) is 0 Å². The highest BCUT2D eigenvalue weighted by Gasteiger charge is 1.97. The second-order valence-corrected chi connectivity index (χ2v) is 2.43. The fourth-order valence-corrected chi connectivity index (χ4v) is 0.667. The molecule has 7 heavy (non-hydrogen) atoms. The summed E-state index contributed by atoms with van der Waals surface area (Å²) in [5, 5.41) is -0.130. The summed E-state index contributed by atoms with van der Waals surface area (Å²) in [6, 6.07) is 0. The highest BCUT2D eigenvalue weighted by Crippen LogP contribution is 2.00.